The Morgan fingerprint density at radius 2 is 2.10 bits per heavy atom. The molecule has 1 aromatic carbocycles. The van der Waals surface area contributed by atoms with E-state index in [9.17, 15) is 4.79 Å². The molecule has 1 N–H and O–H groups in total. The van der Waals surface area contributed by atoms with Crippen molar-refractivity contribution in [1.82, 2.24) is 10.2 Å². The third-order valence-electron chi connectivity index (χ3n) is 4.27. The monoisotopic (exact) mass is 290 g/mol. The fraction of sp³-hybridized carbons (Fsp3) is 0.588. The minimum atomic E-state index is -0.160. The number of carbonyl (C=O) groups is 1. The highest BCUT2D eigenvalue weighted by Gasteiger charge is 2.36. The van der Waals surface area contributed by atoms with Crippen LogP contribution in [-0.2, 0) is 16.1 Å². The summed E-state index contributed by atoms with van der Waals surface area (Å²) in [6, 6.07) is 10.5. The van der Waals surface area contributed by atoms with Crippen LogP contribution in [0, 0.1) is 0 Å². The van der Waals surface area contributed by atoms with Gasteiger partial charge in [-0.1, -0.05) is 37.3 Å². The zero-order chi connectivity index (χ0) is 15.1. The van der Waals surface area contributed by atoms with Crippen molar-refractivity contribution in [3.63, 3.8) is 0 Å². The van der Waals surface area contributed by atoms with Crippen molar-refractivity contribution >= 4 is 5.97 Å². The molecule has 116 valence electrons. The van der Waals surface area contributed by atoms with Crippen LogP contribution >= 0.6 is 0 Å². The summed E-state index contributed by atoms with van der Waals surface area (Å²) in [6.07, 6.45) is 2.10. The normalized spacial score (nSPS) is 22.4. The van der Waals surface area contributed by atoms with Gasteiger partial charge in [0.25, 0.3) is 0 Å². The Morgan fingerprint density at radius 3 is 2.76 bits per heavy atom. The van der Waals surface area contributed by atoms with Gasteiger partial charge < -0.3 is 10.1 Å². The number of benzene rings is 1. The molecule has 4 nitrogen and oxygen atoms in total. The average Bonchev–Trinajstić information content (AvgIpc) is 2.90. The molecule has 1 aliphatic heterocycles. The number of hydrogen-bond donors (Lipinski definition) is 1. The molecule has 0 radical (unpaired) electrons. The summed E-state index contributed by atoms with van der Waals surface area (Å²) in [6.45, 7) is 7.80. The fourth-order valence-corrected chi connectivity index (χ4v) is 2.96. The molecule has 1 atom stereocenters. The number of nitrogens with zero attached hydrogens (tertiary/aromatic N) is 1. The Hall–Kier alpha value is -1.39. The Kier molecular flexibility index (Phi) is 5.76. The van der Waals surface area contributed by atoms with Crippen LogP contribution in [0.15, 0.2) is 30.3 Å². The first kappa shape index (κ1) is 16.0. The SMILES string of the molecule is CCOC(=O)CN[C@]1(CC)CCN(Cc2ccccc2)C1. The molecular formula is C17H26N2O2. The lowest BCUT2D eigenvalue weighted by Crippen LogP contribution is -2.49. The van der Waals surface area contributed by atoms with Crippen LogP contribution in [0.25, 0.3) is 0 Å². The van der Waals surface area contributed by atoms with Gasteiger partial charge in [0.1, 0.15) is 0 Å². The zero-order valence-corrected chi connectivity index (χ0v) is 13.1. The molecular weight excluding hydrogens is 264 g/mol. The second-order valence-corrected chi connectivity index (χ2v) is 5.74. The summed E-state index contributed by atoms with van der Waals surface area (Å²) in [4.78, 5) is 14.0. The van der Waals surface area contributed by atoms with Gasteiger partial charge in [0.15, 0.2) is 0 Å². The third kappa shape index (κ3) is 4.55. The van der Waals surface area contributed by atoms with Gasteiger partial charge >= 0.3 is 5.97 Å². The maximum Gasteiger partial charge on any atom is 0.319 e. The molecule has 4 heteroatoms. The molecule has 1 saturated heterocycles. The Bertz CT molecular complexity index is 449. The number of esters is 1. The summed E-state index contributed by atoms with van der Waals surface area (Å²) < 4.78 is 5.00. The second-order valence-electron chi connectivity index (χ2n) is 5.74. The van der Waals surface area contributed by atoms with Crippen molar-refractivity contribution in [3.05, 3.63) is 35.9 Å². The molecule has 0 spiro atoms. The van der Waals surface area contributed by atoms with Gasteiger partial charge in [-0.15, -0.1) is 0 Å². The van der Waals surface area contributed by atoms with Crippen molar-refractivity contribution < 1.29 is 9.53 Å². The fourth-order valence-electron chi connectivity index (χ4n) is 2.96. The van der Waals surface area contributed by atoms with E-state index < -0.39 is 0 Å². The summed E-state index contributed by atoms with van der Waals surface area (Å²) in [5.41, 5.74) is 1.39. The molecule has 1 fully saturated rings. The van der Waals surface area contributed by atoms with Crippen molar-refractivity contribution in [1.29, 1.82) is 0 Å². The molecule has 21 heavy (non-hydrogen) atoms. The van der Waals surface area contributed by atoms with Gasteiger partial charge in [-0.05, 0) is 25.3 Å². The Labute approximate surface area is 127 Å². The molecule has 0 aliphatic carbocycles. The number of ether oxygens (including phenoxy) is 1. The molecule has 0 unspecified atom stereocenters. The lowest BCUT2D eigenvalue weighted by Gasteiger charge is -2.29. The Balaban J connectivity index is 1.86. The molecule has 0 saturated carbocycles. The van der Waals surface area contributed by atoms with E-state index in [0.29, 0.717) is 13.2 Å². The van der Waals surface area contributed by atoms with E-state index in [4.69, 9.17) is 4.74 Å². The first-order valence-corrected chi connectivity index (χ1v) is 7.84. The van der Waals surface area contributed by atoms with Crippen LogP contribution in [0.1, 0.15) is 32.3 Å². The van der Waals surface area contributed by atoms with Crippen LogP contribution in [0.2, 0.25) is 0 Å². The van der Waals surface area contributed by atoms with E-state index in [1.54, 1.807) is 0 Å². The average molecular weight is 290 g/mol. The summed E-state index contributed by atoms with van der Waals surface area (Å²) in [5, 5.41) is 3.43. The molecule has 1 heterocycles. The smallest absolute Gasteiger partial charge is 0.319 e. The van der Waals surface area contributed by atoms with Gasteiger partial charge in [-0.2, -0.15) is 0 Å². The van der Waals surface area contributed by atoms with E-state index in [2.05, 4.69) is 41.4 Å². The quantitative estimate of drug-likeness (QED) is 0.782. The predicted molar refractivity (Wildman–Crippen MR) is 84.0 cm³/mol. The standard InChI is InChI=1S/C17H26N2O2/c1-3-17(18-12-16(20)21-4-2)10-11-19(14-17)13-15-8-6-5-7-9-15/h5-9,18H,3-4,10-14H2,1-2H3/t17-/m1/s1. The van der Waals surface area contributed by atoms with Gasteiger partial charge in [0.05, 0.1) is 13.2 Å². The summed E-state index contributed by atoms with van der Waals surface area (Å²) >= 11 is 0. The maximum atomic E-state index is 11.5. The highest BCUT2D eigenvalue weighted by atomic mass is 16.5. The zero-order valence-electron chi connectivity index (χ0n) is 13.1. The van der Waals surface area contributed by atoms with Crippen molar-refractivity contribution in [2.24, 2.45) is 0 Å². The second kappa shape index (κ2) is 7.57. The molecule has 0 bridgehead atoms. The minimum Gasteiger partial charge on any atom is -0.465 e. The number of hydrogen-bond acceptors (Lipinski definition) is 4. The van der Waals surface area contributed by atoms with E-state index >= 15 is 0 Å². The number of carbonyl (C=O) groups excluding carboxylic acids is 1. The number of likely N-dealkylation sites (tertiary alicyclic amines) is 1. The van der Waals surface area contributed by atoms with Crippen molar-refractivity contribution in [3.8, 4) is 0 Å². The highest BCUT2D eigenvalue weighted by Crippen LogP contribution is 2.25. The predicted octanol–water partition coefficient (Wildman–Crippen LogP) is 2.19. The molecule has 1 aromatic rings. The molecule has 0 aromatic heterocycles. The number of rotatable bonds is 7. The first-order chi connectivity index (χ1) is 10.2. The van der Waals surface area contributed by atoms with E-state index in [-0.39, 0.29) is 11.5 Å². The van der Waals surface area contributed by atoms with Gasteiger partial charge in [-0.25, -0.2) is 0 Å². The molecule has 0 amide bonds. The molecule has 2 rings (SSSR count). The van der Waals surface area contributed by atoms with E-state index in [1.807, 2.05) is 13.0 Å². The largest absolute Gasteiger partial charge is 0.465 e. The van der Waals surface area contributed by atoms with E-state index in [1.165, 1.54) is 5.56 Å². The van der Waals surface area contributed by atoms with E-state index in [0.717, 1.165) is 32.5 Å². The van der Waals surface area contributed by atoms with Gasteiger partial charge in [-0.3, -0.25) is 9.69 Å². The van der Waals surface area contributed by atoms with Crippen molar-refractivity contribution in [2.75, 3.05) is 26.2 Å². The first-order valence-electron chi connectivity index (χ1n) is 7.84. The maximum absolute atomic E-state index is 11.5. The van der Waals surface area contributed by atoms with Gasteiger partial charge in [0, 0.05) is 25.2 Å². The third-order valence-corrected chi connectivity index (χ3v) is 4.27. The highest BCUT2D eigenvalue weighted by molar-refractivity contribution is 5.71. The van der Waals surface area contributed by atoms with Gasteiger partial charge in [0.2, 0.25) is 0 Å². The summed E-state index contributed by atoms with van der Waals surface area (Å²) in [7, 11) is 0. The Morgan fingerprint density at radius 1 is 1.33 bits per heavy atom. The van der Waals surface area contributed by atoms with Crippen LogP contribution in [0.5, 0.6) is 0 Å². The molecule has 1 aliphatic rings. The number of nitrogens with one attached hydrogen (secondary N) is 1. The van der Waals surface area contributed by atoms with Crippen LogP contribution in [0.3, 0.4) is 0 Å². The minimum absolute atomic E-state index is 0.0432. The lowest BCUT2D eigenvalue weighted by atomic mass is 9.95. The summed E-state index contributed by atoms with van der Waals surface area (Å²) in [5.74, 6) is -0.160. The van der Waals surface area contributed by atoms with Crippen LogP contribution in [-0.4, -0.2) is 42.6 Å². The van der Waals surface area contributed by atoms with Crippen LogP contribution in [0.4, 0.5) is 0 Å². The lowest BCUT2D eigenvalue weighted by molar-refractivity contribution is -0.142. The van der Waals surface area contributed by atoms with Crippen LogP contribution < -0.4 is 5.32 Å². The topological polar surface area (TPSA) is 41.6 Å². The van der Waals surface area contributed by atoms with Crippen molar-refractivity contribution in [2.45, 2.75) is 38.8 Å².